The number of carbonyl (C=O) groups is 1. The van der Waals surface area contributed by atoms with Gasteiger partial charge in [0.15, 0.2) is 5.78 Å². The van der Waals surface area contributed by atoms with E-state index in [1.165, 1.54) is 6.07 Å². The molecule has 0 spiro atoms. The van der Waals surface area contributed by atoms with Gasteiger partial charge in [-0.2, -0.15) is 8.42 Å². The van der Waals surface area contributed by atoms with E-state index in [4.69, 9.17) is 4.18 Å². The van der Waals surface area contributed by atoms with Crippen molar-refractivity contribution in [1.82, 2.24) is 0 Å². The number of benzene rings is 2. The van der Waals surface area contributed by atoms with Crippen molar-refractivity contribution in [2.24, 2.45) is 0 Å². The first-order chi connectivity index (χ1) is 9.37. The highest BCUT2D eigenvalue weighted by Gasteiger charge is 2.12. The van der Waals surface area contributed by atoms with E-state index in [2.05, 4.69) is 0 Å². The van der Waals surface area contributed by atoms with Crippen LogP contribution in [0.3, 0.4) is 0 Å². The zero-order chi connectivity index (χ0) is 14.8. The van der Waals surface area contributed by atoms with Crippen LogP contribution in [0.2, 0.25) is 0 Å². The van der Waals surface area contributed by atoms with Gasteiger partial charge < -0.3 is 4.18 Å². The lowest BCUT2D eigenvalue weighted by Crippen LogP contribution is -2.08. The number of hydrogen-bond acceptors (Lipinski definition) is 4. The summed E-state index contributed by atoms with van der Waals surface area (Å²) in [5.74, 6) is 0.122. The van der Waals surface area contributed by atoms with E-state index in [0.29, 0.717) is 16.7 Å². The van der Waals surface area contributed by atoms with Gasteiger partial charge in [-0.3, -0.25) is 4.79 Å². The number of hydrogen-bond donors (Lipinski definition) is 0. The van der Waals surface area contributed by atoms with Gasteiger partial charge in [0, 0.05) is 11.1 Å². The molecule has 0 unspecified atom stereocenters. The van der Waals surface area contributed by atoms with Crippen LogP contribution in [-0.4, -0.2) is 20.5 Å². The van der Waals surface area contributed by atoms with Crippen LogP contribution in [0.15, 0.2) is 48.5 Å². The van der Waals surface area contributed by atoms with Crippen LogP contribution in [0.5, 0.6) is 5.75 Å². The first-order valence-electron chi connectivity index (χ1n) is 5.97. The lowest BCUT2D eigenvalue weighted by molar-refractivity contribution is 0.103. The fourth-order valence-electron chi connectivity index (χ4n) is 1.80. The minimum Gasteiger partial charge on any atom is -0.382 e. The highest BCUT2D eigenvalue weighted by molar-refractivity contribution is 7.86. The minimum absolute atomic E-state index is 0.111. The molecule has 2 rings (SSSR count). The molecule has 20 heavy (non-hydrogen) atoms. The van der Waals surface area contributed by atoms with Gasteiger partial charge in [-0.25, -0.2) is 0 Å². The first-order valence-corrected chi connectivity index (χ1v) is 7.78. The van der Waals surface area contributed by atoms with Crippen LogP contribution < -0.4 is 4.18 Å². The first kappa shape index (κ1) is 14.3. The van der Waals surface area contributed by atoms with Crippen molar-refractivity contribution in [1.29, 1.82) is 0 Å². The molecule has 0 atom stereocenters. The predicted octanol–water partition coefficient (Wildman–Crippen LogP) is 2.56. The maximum atomic E-state index is 12.2. The fraction of sp³-hybridized carbons (Fsp3) is 0.133. The Kier molecular flexibility index (Phi) is 3.90. The lowest BCUT2D eigenvalue weighted by Gasteiger charge is -2.08. The molecule has 2 aromatic carbocycles. The van der Waals surface area contributed by atoms with Crippen LogP contribution >= 0.6 is 0 Å². The second kappa shape index (κ2) is 5.46. The molecule has 0 fully saturated rings. The molecule has 0 aliphatic heterocycles. The van der Waals surface area contributed by atoms with Crippen LogP contribution in [0.25, 0.3) is 0 Å². The number of ketones is 1. The monoisotopic (exact) mass is 290 g/mol. The lowest BCUT2D eigenvalue weighted by atomic mass is 10.0. The van der Waals surface area contributed by atoms with E-state index in [-0.39, 0.29) is 11.5 Å². The molecule has 2 aromatic rings. The molecule has 0 aliphatic carbocycles. The summed E-state index contributed by atoms with van der Waals surface area (Å²) in [7, 11) is -3.57. The molecule has 0 saturated carbocycles. The molecule has 0 aliphatic rings. The summed E-state index contributed by atoms with van der Waals surface area (Å²) in [4.78, 5) is 12.2. The van der Waals surface area contributed by atoms with Crippen LogP contribution in [0.4, 0.5) is 0 Å². The van der Waals surface area contributed by atoms with Crippen LogP contribution in [0.1, 0.15) is 21.5 Å². The Morgan fingerprint density at radius 3 is 2.20 bits per heavy atom. The predicted molar refractivity (Wildman–Crippen MR) is 76.5 cm³/mol. The highest BCUT2D eigenvalue weighted by Crippen LogP contribution is 2.22. The summed E-state index contributed by atoms with van der Waals surface area (Å²) in [5, 5.41) is 0. The second-order valence-corrected chi connectivity index (χ2v) is 6.04. The summed E-state index contributed by atoms with van der Waals surface area (Å²) in [6.07, 6.45) is 0.982. The highest BCUT2D eigenvalue weighted by atomic mass is 32.2. The van der Waals surface area contributed by atoms with Crippen molar-refractivity contribution in [2.45, 2.75) is 6.92 Å². The van der Waals surface area contributed by atoms with Gasteiger partial charge in [-0.05, 0) is 30.7 Å². The van der Waals surface area contributed by atoms with Gasteiger partial charge in [0.05, 0.1) is 6.26 Å². The third kappa shape index (κ3) is 3.45. The number of aryl methyl sites for hydroxylation is 1. The Balaban J connectivity index is 2.32. The van der Waals surface area contributed by atoms with Gasteiger partial charge in [0.1, 0.15) is 5.75 Å². The maximum absolute atomic E-state index is 12.2. The van der Waals surface area contributed by atoms with E-state index in [0.717, 1.165) is 6.26 Å². The normalized spacial score (nSPS) is 11.1. The molecule has 0 amide bonds. The Bertz CT molecular complexity index is 734. The van der Waals surface area contributed by atoms with E-state index in [9.17, 15) is 13.2 Å². The largest absolute Gasteiger partial charge is 0.382 e. The molecule has 104 valence electrons. The van der Waals surface area contributed by atoms with Crippen molar-refractivity contribution in [3.05, 3.63) is 65.2 Å². The Morgan fingerprint density at radius 1 is 1.00 bits per heavy atom. The molecule has 0 bridgehead atoms. The number of rotatable bonds is 4. The molecule has 0 saturated heterocycles. The molecule has 0 aromatic heterocycles. The van der Waals surface area contributed by atoms with E-state index >= 15 is 0 Å². The Labute approximate surface area is 118 Å². The molecule has 5 heteroatoms. The molecular formula is C15H14O4S. The summed E-state index contributed by atoms with van der Waals surface area (Å²) in [6, 6.07) is 13.6. The third-order valence-corrected chi connectivity index (χ3v) is 3.20. The molecule has 4 nitrogen and oxygen atoms in total. The summed E-state index contributed by atoms with van der Waals surface area (Å²) in [6.45, 7) is 1.70. The minimum atomic E-state index is -3.57. The van der Waals surface area contributed by atoms with Gasteiger partial charge in [-0.15, -0.1) is 0 Å². The SMILES string of the molecule is Cc1cc(C(=O)c2ccccc2)ccc1OS(C)(=O)=O. The smallest absolute Gasteiger partial charge is 0.306 e. The van der Waals surface area contributed by atoms with Crippen molar-refractivity contribution < 1.29 is 17.4 Å². The standard InChI is InChI=1S/C15H14O4S/c1-11-10-13(8-9-14(11)19-20(2,17)18)15(16)12-6-4-3-5-7-12/h3-10H,1-2H3. The zero-order valence-corrected chi connectivity index (χ0v) is 12.0. The average molecular weight is 290 g/mol. The molecule has 0 heterocycles. The van der Waals surface area contributed by atoms with Crippen molar-refractivity contribution in [2.75, 3.05) is 6.26 Å². The van der Waals surface area contributed by atoms with Gasteiger partial charge >= 0.3 is 10.1 Å². The van der Waals surface area contributed by atoms with Crippen molar-refractivity contribution in [3.63, 3.8) is 0 Å². The molecule has 0 radical (unpaired) electrons. The summed E-state index contributed by atoms with van der Waals surface area (Å²) < 4.78 is 27.0. The van der Waals surface area contributed by atoms with Crippen molar-refractivity contribution >= 4 is 15.9 Å². The van der Waals surface area contributed by atoms with Gasteiger partial charge in [0.2, 0.25) is 0 Å². The average Bonchev–Trinajstić information content (AvgIpc) is 2.40. The van der Waals surface area contributed by atoms with Gasteiger partial charge in [0.25, 0.3) is 0 Å². The van der Waals surface area contributed by atoms with Crippen molar-refractivity contribution in [3.8, 4) is 5.75 Å². The Morgan fingerprint density at radius 2 is 1.65 bits per heavy atom. The summed E-state index contributed by atoms with van der Waals surface area (Å²) >= 11 is 0. The zero-order valence-electron chi connectivity index (χ0n) is 11.2. The van der Waals surface area contributed by atoms with Gasteiger partial charge in [-0.1, -0.05) is 30.3 Å². The topological polar surface area (TPSA) is 60.4 Å². The van der Waals surface area contributed by atoms with E-state index < -0.39 is 10.1 Å². The van der Waals surface area contributed by atoms with Crippen LogP contribution in [-0.2, 0) is 10.1 Å². The summed E-state index contributed by atoms with van der Waals surface area (Å²) in [5.41, 5.74) is 1.68. The maximum Gasteiger partial charge on any atom is 0.306 e. The third-order valence-electron chi connectivity index (χ3n) is 2.71. The second-order valence-electron chi connectivity index (χ2n) is 4.46. The molecule has 0 N–H and O–H groups in total. The Hall–Kier alpha value is -2.14. The molecular weight excluding hydrogens is 276 g/mol. The van der Waals surface area contributed by atoms with E-state index in [1.807, 2.05) is 6.07 Å². The quantitative estimate of drug-likeness (QED) is 0.641. The van der Waals surface area contributed by atoms with Crippen LogP contribution in [0, 0.1) is 6.92 Å². The fourth-order valence-corrected chi connectivity index (χ4v) is 2.32. The number of carbonyl (C=O) groups excluding carboxylic acids is 1. The van der Waals surface area contributed by atoms with E-state index in [1.54, 1.807) is 43.3 Å².